The molecule has 0 bridgehead atoms. The van der Waals surface area contributed by atoms with Crippen LogP contribution < -0.4 is 5.11 Å². The number of ether oxygens (including phenoxy) is 1. The number of esters is 1. The maximum absolute atomic E-state index is 13.2. The Bertz CT molecular complexity index is 760. The fraction of sp³-hybridized carbons (Fsp3) is 0.609. The van der Waals surface area contributed by atoms with E-state index in [0.29, 0.717) is 19.3 Å². The van der Waals surface area contributed by atoms with Crippen LogP contribution >= 0.6 is 0 Å². The van der Waals surface area contributed by atoms with Crippen LogP contribution in [0.3, 0.4) is 0 Å². The van der Waals surface area contributed by atoms with Gasteiger partial charge >= 0.3 is 19.5 Å². The van der Waals surface area contributed by atoms with E-state index >= 15 is 0 Å². The smallest absolute Gasteiger partial charge is 0.640 e. The van der Waals surface area contributed by atoms with Gasteiger partial charge in [-0.25, -0.2) is 0 Å². The number of amides is 1. The van der Waals surface area contributed by atoms with Crippen molar-refractivity contribution in [3.8, 4) is 0 Å². The van der Waals surface area contributed by atoms with E-state index in [4.69, 9.17) is 4.74 Å². The molecule has 1 aromatic rings. The van der Waals surface area contributed by atoms with Crippen LogP contribution in [-0.4, -0.2) is 53.5 Å². The Morgan fingerprint density at radius 1 is 1.23 bits per heavy atom. The molecule has 0 aromatic heterocycles. The molecule has 2 fully saturated rings. The van der Waals surface area contributed by atoms with Crippen LogP contribution in [0, 0.1) is 5.92 Å². The van der Waals surface area contributed by atoms with E-state index in [1.165, 1.54) is 4.90 Å². The number of carbonyl (C=O) groups excluding carboxylic acids is 3. The third-order valence-corrected chi connectivity index (χ3v) is 6.23. The van der Waals surface area contributed by atoms with E-state index in [-0.39, 0.29) is 44.0 Å². The van der Waals surface area contributed by atoms with E-state index in [2.05, 4.69) is 5.32 Å². The predicted octanol–water partition coefficient (Wildman–Crippen LogP) is 1.83. The Morgan fingerprint density at radius 2 is 1.94 bits per heavy atom. The quantitative estimate of drug-likeness (QED) is 0.397. The maximum atomic E-state index is 13.2. The molecule has 1 saturated heterocycles. The summed E-state index contributed by atoms with van der Waals surface area (Å²) in [6.07, 6.45) is 4.24. The number of carbonyl (C=O) groups is 3. The number of likely N-dealkylation sites (tertiary alicyclic amines) is 1. The van der Waals surface area contributed by atoms with Crippen molar-refractivity contribution in [2.45, 2.75) is 76.5 Å². The first-order chi connectivity index (χ1) is 14.4. The normalized spacial score (nSPS) is 24.1. The van der Waals surface area contributed by atoms with Crippen LogP contribution in [0.4, 0.5) is 0 Å². The van der Waals surface area contributed by atoms with Gasteiger partial charge in [-0.05, 0) is 50.1 Å². The van der Waals surface area contributed by atoms with Crippen molar-refractivity contribution in [1.82, 2.24) is 4.90 Å². The first kappa shape index (κ1) is 25.5. The van der Waals surface area contributed by atoms with Gasteiger partial charge in [0.2, 0.25) is 5.91 Å². The molecule has 0 spiro atoms. The average Bonchev–Trinajstić information content (AvgIpc) is 3.32. The van der Waals surface area contributed by atoms with E-state index in [1.807, 2.05) is 30.3 Å². The Kier molecular flexibility index (Phi) is 9.63. The molecule has 2 aliphatic rings. The molecule has 0 unspecified atom stereocenters. The molecule has 0 radical (unpaired) electrons. The van der Waals surface area contributed by atoms with Crippen molar-refractivity contribution in [3.63, 3.8) is 0 Å². The minimum absolute atomic E-state index is 0. The van der Waals surface area contributed by atoms with Crippen molar-refractivity contribution in [2.75, 3.05) is 6.61 Å². The van der Waals surface area contributed by atoms with Crippen LogP contribution in [0.15, 0.2) is 30.3 Å². The number of aryl methyl sites for hydroxylation is 1. The first-order valence-electron chi connectivity index (χ1n) is 10.9. The number of nitrogens with zero attached hydrogens (tertiary/aromatic N) is 2. The summed E-state index contributed by atoms with van der Waals surface area (Å²) in [5.41, 5.74) is 1.08. The van der Waals surface area contributed by atoms with Crippen LogP contribution in [-0.2, 0) is 45.0 Å². The van der Waals surface area contributed by atoms with Gasteiger partial charge in [0.05, 0.1) is 18.6 Å². The maximum Gasteiger partial charge on any atom is 2.00 e. The molecular weight excluding hydrogens is 450 g/mol. The largest absolute Gasteiger partial charge is 2.00 e. The molecule has 3 rings (SSSR count). The summed E-state index contributed by atoms with van der Waals surface area (Å²) >= 11 is 0. The molecule has 0 N–H and O–H groups in total. The molecule has 1 aliphatic carbocycles. The Morgan fingerprint density at radius 3 is 2.58 bits per heavy atom. The van der Waals surface area contributed by atoms with E-state index < -0.39 is 30.1 Å². The van der Waals surface area contributed by atoms with Crippen molar-refractivity contribution < 1.29 is 43.7 Å². The zero-order chi connectivity index (χ0) is 21.7. The van der Waals surface area contributed by atoms with Crippen molar-refractivity contribution in [1.29, 1.82) is 0 Å². The number of carboxylic acid groups (broad SMARTS) is 1. The fourth-order valence-corrected chi connectivity index (χ4v) is 4.81. The van der Waals surface area contributed by atoms with Gasteiger partial charge in [0.25, 0.3) is 5.97 Å². The van der Waals surface area contributed by atoms with Gasteiger partial charge in [0.1, 0.15) is 0 Å². The van der Waals surface area contributed by atoms with Gasteiger partial charge in [-0.1, -0.05) is 56.1 Å². The average molecular weight is 480 g/mol. The van der Waals surface area contributed by atoms with Crippen LogP contribution in [0.1, 0.15) is 51.5 Å². The molecule has 8 heteroatoms. The molecule has 1 amide bonds. The number of fused-ring (bicyclic) bond motifs is 1. The summed E-state index contributed by atoms with van der Waals surface area (Å²) in [5.74, 6) is -1.80. The molecular formula is C23H30N2O5Zn. The van der Waals surface area contributed by atoms with Crippen LogP contribution in [0.5, 0.6) is 0 Å². The van der Waals surface area contributed by atoms with Crippen molar-refractivity contribution >= 4 is 17.8 Å². The number of rotatable bonds is 9. The Labute approximate surface area is 196 Å². The van der Waals surface area contributed by atoms with Crippen LogP contribution in [0.25, 0.3) is 5.32 Å². The second-order valence-corrected chi connectivity index (χ2v) is 8.19. The summed E-state index contributed by atoms with van der Waals surface area (Å²) in [6, 6.07) is 7.19. The summed E-state index contributed by atoms with van der Waals surface area (Å²) in [6.45, 7) is 3.60. The topological polar surface area (TPSA) is 101 Å². The van der Waals surface area contributed by atoms with Crippen molar-refractivity contribution in [3.05, 3.63) is 41.2 Å². The second kappa shape index (κ2) is 11.7. The summed E-state index contributed by atoms with van der Waals surface area (Å²) < 4.78 is 5.17. The molecule has 1 aromatic carbocycles. The molecule has 1 aliphatic heterocycles. The minimum Gasteiger partial charge on any atom is -0.640 e. The second-order valence-electron chi connectivity index (χ2n) is 8.19. The molecule has 164 valence electrons. The van der Waals surface area contributed by atoms with E-state index in [1.54, 1.807) is 13.8 Å². The number of hydrogen-bond donors (Lipinski definition) is 0. The number of hydrogen-bond acceptors (Lipinski definition) is 5. The SMILES string of the molecule is CCOC(=O)[C@H](CCc1ccccc1)[N-][C@@H](C)C(=O)N1[C@H](C(=O)[O-])C[C@@H]2CCC[C@@H]21.[Zn+2]. The Hall–Kier alpha value is -1.79. The summed E-state index contributed by atoms with van der Waals surface area (Å²) in [5, 5.41) is 16.1. The zero-order valence-electron chi connectivity index (χ0n) is 18.4. The van der Waals surface area contributed by atoms with Gasteiger partial charge in [0.15, 0.2) is 0 Å². The van der Waals surface area contributed by atoms with E-state index in [9.17, 15) is 19.5 Å². The molecule has 1 saturated carbocycles. The first-order valence-corrected chi connectivity index (χ1v) is 10.9. The van der Waals surface area contributed by atoms with Crippen molar-refractivity contribution in [2.24, 2.45) is 5.92 Å². The number of benzene rings is 1. The third-order valence-electron chi connectivity index (χ3n) is 6.23. The molecule has 31 heavy (non-hydrogen) atoms. The van der Waals surface area contributed by atoms with Crippen LogP contribution in [0.2, 0.25) is 0 Å². The summed E-state index contributed by atoms with van der Waals surface area (Å²) in [7, 11) is 0. The molecule has 7 nitrogen and oxygen atoms in total. The van der Waals surface area contributed by atoms with Gasteiger partial charge in [-0.15, -0.1) is 0 Å². The zero-order valence-corrected chi connectivity index (χ0v) is 21.3. The molecule has 5 atom stereocenters. The number of aliphatic carboxylic acids is 1. The Balaban J connectivity index is 0.00000341. The van der Waals surface area contributed by atoms with E-state index in [0.717, 1.165) is 24.8 Å². The third kappa shape index (κ3) is 6.14. The van der Waals surface area contributed by atoms with Gasteiger partial charge in [0, 0.05) is 6.04 Å². The number of carboxylic acids is 1. The van der Waals surface area contributed by atoms with Gasteiger partial charge in [-0.2, -0.15) is 0 Å². The van der Waals surface area contributed by atoms with Gasteiger partial charge < -0.3 is 24.9 Å². The predicted molar refractivity (Wildman–Crippen MR) is 109 cm³/mol. The summed E-state index contributed by atoms with van der Waals surface area (Å²) in [4.78, 5) is 38.7. The fourth-order valence-electron chi connectivity index (χ4n) is 4.81. The standard InChI is InChI=1S/C23H31N2O5.Zn/c1-3-30-23(29)18(13-12-16-8-5-4-6-9-16)24-15(2)21(26)25-19-11-7-10-17(19)14-20(25)22(27)28;/h4-6,8-9,15,17-20H,3,7,10-14H2,1-2H3,(H,27,28);/q-1;+2/p-1/t15-,17-,18-,19-,20-;/m0./s1. The monoisotopic (exact) mass is 478 g/mol. The van der Waals surface area contributed by atoms with Gasteiger partial charge in [-0.3, -0.25) is 9.59 Å². The molecule has 1 heterocycles. The minimum atomic E-state index is -1.21.